The third-order valence-electron chi connectivity index (χ3n) is 3.16. The summed E-state index contributed by atoms with van der Waals surface area (Å²) in [5.41, 5.74) is 8.17. The molecule has 1 aromatic carbocycles. The predicted molar refractivity (Wildman–Crippen MR) is 78.4 cm³/mol. The molecule has 1 atom stereocenters. The Hall–Kier alpha value is -2.53. The van der Waals surface area contributed by atoms with Gasteiger partial charge in [0.25, 0.3) is 0 Å². The molecule has 0 radical (unpaired) electrons. The zero-order valence-electron chi connectivity index (χ0n) is 11.5. The summed E-state index contributed by atoms with van der Waals surface area (Å²) in [5, 5.41) is 3.97. The Bertz CT molecular complexity index is 682. The van der Waals surface area contributed by atoms with E-state index in [1.54, 1.807) is 6.20 Å². The average molecular weight is 280 g/mol. The van der Waals surface area contributed by atoms with Gasteiger partial charge in [0.1, 0.15) is 0 Å². The van der Waals surface area contributed by atoms with Crippen molar-refractivity contribution in [3.8, 4) is 0 Å². The molecule has 0 aliphatic rings. The lowest BCUT2D eigenvalue weighted by molar-refractivity contribution is 0.350. The number of aromatic nitrogens is 3. The Morgan fingerprint density at radius 2 is 1.86 bits per heavy atom. The molecule has 5 nitrogen and oxygen atoms in total. The van der Waals surface area contributed by atoms with Gasteiger partial charge in [-0.25, -0.2) is 0 Å². The molecule has 0 bridgehead atoms. The van der Waals surface area contributed by atoms with Gasteiger partial charge in [-0.2, -0.15) is 4.98 Å². The van der Waals surface area contributed by atoms with Crippen molar-refractivity contribution in [1.82, 2.24) is 15.1 Å². The largest absolute Gasteiger partial charge is 0.338 e. The van der Waals surface area contributed by atoms with Crippen LogP contribution in [-0.4, -0.2) is 15.1 Å². The lowest BCUT2D eigenvalue weighted by Gasteiger charge is -2.05. The second-order valence-electron chi connectivity index (χ2n) is 4.84. The molecular weight excluding hydrogens is 264 g/mol. The van der Waals surface area contributed by atoms with E-state index in [-0.39, 0.29) is 6.04 Å². The number of nitrogens with zero attached hydrogens (tertiary/aromatic N) is 3. The van der Waals surface area contributed by atoms with Gasteiger partial charge in [-0.15, -0.1) is 0 Å². The fourth-order valence-corrected chi connectivity index (χ4v) is 2.11. The molecule has 3 aromatic rings. The first-order valence-corrected chi connectivity index (χ1v) is 6.83. The number of rotatable bonds is 5. The molecular formula is C16H16N4O. The highest BCUT2D eigenvalue weighted by Gasteiger charge is 2.15. The van der Waals surface area contributed by atoms with Crippen molar-refractivity contribution in [3.63, 3.8) is 0 Å². The summed E-state index contributed by atoms with van der Waals surface area (Å²) in [6, 6.07) is 15.5. The number of pyridine rings is 1. The van der Waals surface area contributed by atoms with Crippen molar-refractivity contribution in [2.24, 2.45) is 5.73 Å². The van der Waals surface area contributed by atoms with Gasteiger partial charge in [0.2, 0.25) is 5.89 Å². The van der Waals surface area contributed by atoms with Gasteiger partial charge in [-0.05, 0) is 24.1 Å². The highest BCUT2D eigenvalue weighted by molar-refractivity contribution is 5.17. The lowest BCUT2D eigenvalue weighted by Crippen LogP contribution is -2.13. The van der Waals surface area contributed by atoms with E-state index < -0.39 is 0 Å². The predicted octanol–water partition coefficient (Wildman–Crippen LogP) is 2.30. The summed E-state index contributed by atoms with van der Waals surface area (Å²) in [5.74, 6) is 1.07. The highest BCUT2D eigenvalue weighted by Crippen LogP contribution is 2.15. The molecule has 0 unspecified atom stereocenters. The Labute approximate surface area is 122 Å². The maximum Gasteiger partial charge on any atom is 0.243 e. The Morgan fingerprint density at radius 1 is 1.05 bits per heavy atom. The Kier molecular flexibility index (Phi) is 4.02. The molecule has 0 amide bonds. The van der Waals surface area contributed by atoms with E-state index in [1.807, 2.05) is 48.5 Å². The third-order valence-corrected chi connectivity index (χ3v) is 3.16. The molecule has 3 rings (SSSR count). The van der Waals surface area contributed by atoms with Gasteiger partial charge in [0, 0.05) is 11.9 Å². The van der Waals surface area contributed by atoms with Gasteiger partial charge >= 0.3 is 0 Å². The van der Waals surface area contributed by atoms with Crippen LogP contribution >= 0.6 is 0 Å². The lowest BCUT2D eigenvalue weighted by atomic mass is 10.1. The van der Waals surface area contributed by atoms with Crippen molar-refractivity contribution < 1.29 is 4.52 Å². The number of nitrogens with two attached hydrogens (primary N) is 1. The van der Waals surface area contributed by atoms with Crippen molar-refractivity contribution in [2.45, 2.75) is 18.9 Å². The number of hydrogen-bond donors (Lipinski definition) is 1. The van der Waals surface area contributed by atoms with E-state index in [4.69, 9.17) is 10.3 Å². The van der Waals surface area contributed by atoms with E-state index in [9.17, 15) is 0 Å². The molecule has 0 aliphatic carbocycles. The maximum atomic E-state index is 6.12. The summed E-state index contributed by atoms with van der Waals surface area (Å²) in [6.07, 6.45) is 2.96. The second-order valence-corrected chi connectivity index (χ2v) is 4.84. The van der Waals surface area contributed by atoms with Crippen LogP contribution < -0.4 is 5.73 Å². The third kappa shape index (κ3) is 3.52. The van der Waals surface area contributed by atoms with Crippen LogP contribution in [0.1, 0.15) is 29.0 Å². The van der Waals surface area contributed by atoms with Crippen LogP contribution in [0.4, 0.5) is 0 Å². The molecule has 0 saturated heterocycles. The van der Waals surface area contributed by atoms with Gasteiger partial charge in [-0.1, -0.05) is 41.6 Å². The summed E-state index contributed by atoms with van der Waals surface area (Å²) in [4.78, 5) is 8.60. The standard InChI is InChI=1S/C16H16N4O/c17-14(10-12-6-2-1-3-7-12)16-19-15(20-21-16)11-13-8-4-5-9-18-13/h1-9,14H,10-11,17H2/t14-/m1/s1. The molecule has 0 saturated carbocycles. The zero-order chi connectivity index (χ0) is 14.5. The minimum atomic E-state index is -0.294. The van der Waals surface area contributed by atoms with Gasteiger partial charge in [-0.3, -0.25) is 4.98 Å². The van der Waals surface area contributed by atoms with Crippen LogP contribution in [0, 0.1) is 0 Å². The summed E-state index contributed by atoms with van der Waals surface area (Å²) in [7, 11) is 0. The summed E-state index contributed by atoms with van der Waals surface area (Å²) in [6.45, 7) is 0. The molecule has 5 heteroatoms. The zero-order valence-corrected chi connectivity index (χ0v) is 11.5. The fraction of sp³-hybridized carbons (Fsp3) is 0.188. The Morgan fingerprint density at radius 3 is 2.62 bits per heavy atom. The normalized spacial score (nSPS) is 12.2. The van der Waals surface area contributed by atoms with E-state index in [0.29, 0.717) is 24.6 Å². The number of benzene rings is 1. The smallest absolute Gasteiger partial charge is 0.243 e. The molecule has 2 heterocycles. The summed E-state index contributed by atoms with van der Waals surface area (Å²) < 4.78 is 5.26. The van der Waals surface area contributed by atoms with Crippen LogP contribution in [0.5, 0.6) is 0 Å². The van der Waals surface area contributed by atoms with Crippen LogP contribution in [0.2, 0.25) is 0 Å². The van der Waals surface area contributed by atoms with Crippen molar-refractivity contribution >= 4 is 0 Å². The van der Waals surface area contributed by atoms with Crippen LogP contribution in [-0.2, 0) is 12.8 Å². The quantitative estimate of drug-likeness (QED) is 0.776. The second kappa shape index (κ2) is 6.28. The first-order chi connectivity index (χ1) is 10.3. The molecule has 0 aliphatic heterocycles. The topological polar surface area (TPSA) is 77.8 Å². The monoisotopic (exact) mass is 280 g/mol. The van der Waals surface area contributed by atoms with Crippen molar-refractivity contribution in [2.75, 3.05) is 0 Å². The van der Waals surface area contributed by atoms with Gasteiger partial charge in [0.15, 0.2) is 5.82 Å². The average Bonchev–Trinajstić information content (AvgIpc) is 2.98. The van der Waals surface area contributed by atoms with E-state index >= 15 is 0 Å². The van der Waals surface area contributed by atoms with E-state index in [0.717, 1.165) is 11.3 Å². The van der Waals surface area contributed by atoms with Gasteiger partial charge in [0.05, 0.1) is 12.5 Å². The molecule has 0 fully saturated rings. The molecule has 106 valence electrons. The van der Waals surface area contributed by atoms with Gasteiger partial charge < -0.3 is 10.3 Å². The van der Waals surface area contributed by atoms with Crippen LogP contribution in [0.3, 0.4) is 0 Å². The summed E-state index contributed by atoms with van der Waals surface area (Å²) >= 11 is 0. The highest BCUT2D eigenvalue weighted by atomic mass is 16.5. The number of hydrogen-bond acceptors (Lipinski definition) is 5. The molecule has 21 heavy (non-hydrogen) atoms. The first kappa shape index (κ1) is 13.5. The SMILES string of the molecule is N[C@H](Cc1ccccc1)c1nc(Cc2ccccn2)no1. The van der Waals surface area contributed by atoms with Crippen molar-refractivity contribution in [1.29, 1.82) is 0 Å². The van der Waals surface area contributed by atoms with Crippen LogP contribution in [0.25, 0.3) is 0 Å². The molecule has 2 N–H and O–H groups in total. The van der Waals surface area contributed by atoms with E-state index in [1.165, 1.54) is 0 Å². The molecule has 2 aromatic heterocycles. The molecule has 0 spiro atoms. The minimum absolute atomic E-state index is 0.294. The fourth-order valence-electron chi connectivity index (χ4n) is 2.11. The van der Waals surface area contributed by atoms with Crippen LogP contribution in [0.15, 0.2) is 59.3 Å². The van der Waals surface area contributed by atoms with E-state index in [2.05, 4.69) is 15.1 Å². The van der Waals surface area contributed by atoms with Crippen molar-refractivity contribution in [3.05, 3.63) is 77.7 Å². The Balaban J connectivity index is 1.67. The minimum Gasteiger partial charge on any atom is -0.338 e. The maximum absolute atomic E-state index is 6.12. The first-order valence-electron chi connectivity index (χ1n) is 6.83.